The van der Waals surface area contributed by atoms with Gasteiger partial charge in [0, 0.05) is 9.37 Å². The molecule has 2 aromatic carbocycles. The summed E-state index contributed by atoms with van der Waals surface area (Å²) in [6.07, 6.45) is 0. The molecule has 0 fully saturated rings. The fourth-order valence-corrected chi connectivity index (χ4v) is 3.24. The Morgan fingerprint density at radius 1 is 1.00 bits per heavy atom. The topological polar surface area (TPSA) is 43.6 Å². The smallest absolute Gasteiger partial charge is 0.166 e. The second kappa shape index (κ2) is 6.19. The van der Waals surface area contributed by atoms with Crippen LogP contribution in [0.4, 0.5) is 0 Å². The molecule has 0 bridgehead atoms. The molecule has 0 N–H and O–H groups in total. The third-order valence-corrected chi connectivity index (χ3v) is 4.75. The van der Waals surface area contributed by atoms with Crippen molar-refractivity contribution in [2.24, 2.45) is 0 Å². The summed E-state index contributed by atoms with van der Waals surface area (Å²) >= 11 is 5.25. The molecule has 6 heteroatoms. The molecule has 0 amide bonds. The Morgan fingerprint density at radius 2 is 1.75 bits per heavy atom. The normalized spacial score (nSPS) is 10.7. The lowest BCUT2D eigenvalue weighted by Crippen LogP contribution is -2.01. The summed E-state index contributed by atoms with van der Waals surface area (Å²) < 4.78 is 2.85. The molecule has 0 aliphatic rings. The van der Waals surface area contributed by atoms with Gasteiger partial charge in [-0.05, 0) is 50.6 Å². The Labute approximate surface area is 129 Å². The zero-order valence-corrected chi connectivity index (χ0v) is 12.9. The molecule has 3 aromatic rings. The van der Waals surface area contributed by atoms with E-state index in [9.17, 15) is 0 Å². The standard InChI is InChI=1S/C14H11BrN4S/c15-12-8-4-5-9-13(12)20-10-14-16-17-18-19(14)11-6-2-1-3-7-11/h1-9H,10H2. The van der Waals surface area contributed by atoms with E-state index in [0.717, 1.165) is 16.0 Å². The first-order valence-electron chi connectivity index (χ1n) is 6.04. The van der Waals surface area contributed by atoms with Crippen molar-refractivity contribution >= 4 is 27.7 Å². The van der Waals surface area contributed by atoms with E-state index in [-0.39, 0.29) is 0 Å². The number of aromatic nitrogens is 4. The molecule has 1 heterocycles. The number of tetrazole rings is 1. The minimum absolute atomic E-state index is 0.713. The number of benzene rings is 2. The fraction of sp³-hybridized carbons (Fsp3) is 0.0714. The van der Waals surface area contributed by atoms with Crippen LogP contribution in [-0.2, 0) is 5.75 Å². The number of hydrogen-bond acceptors (Lipinski definition) is 4. The van der Waals surface area contributed by atoms with Crippen LogP contribution in [0.2, 0.25) is 0 Å². The van der Waals surface area contributed by atoms with E-state index >= 15 is 0 Å². The highest BCUT2D eigenvalue weighted by Gasteiger charge is 2.09. The monoisotopic (exact) mass is 346 g/mol. The van der Waals surface area contributed by atoms with E-state index < -0.39 is 0 Å². The number of rotatable bonds is 4. The van der Waals surface area contributed by atoms with E-state index in [2.05, 4.69) is 37.5 Å². The van der Waals surface area contributed by atoms with Crippen LogP contribution in [0.3, 0.4) is 0 Å². The van der Waals surface area contributed by atoms with Gasteiger partial charge in [-0.2, -0.15) is 4.68 Å². The van der Waals surface area contributed by atoms with Gasteiger partial charge in [-0.15, -0.1) is 16.9 Å². The molecular weight excluding hydrogens is 336 g/mol. The first-order chi connectivity index (χ1) is 9.84. The second-order valence-corrected chi connectivity index (χ2v) is 5.93. The number of nitrogens with zero attached hydrogens (tertiary/aromatic N) is 4. The molecule has 0 saturated carbocycles. The highest BCUT2D eigenvalue weighted by atomic mass is 79.9. The average molecular weight is 347 g/mol. The zero-order chi connectivity index (χ0) is 13.8. The molecule has 3 rings (SSSR count). The van der Waals surface area contributed by atoms with Crippen LogP contribution < -0.4 is 0 Å². The van der Waals surface area contributed by atoms with Gasteiger partial charge in [0.1, 0.15) is 0 Å². The summed E-state index contributed by atoms with van der Waals surface area (Å²) in [7, 11) is 0. The summed E-state index contributed by atoms with van der Waals surface area (Å²) in [6.45, 7) is 0. The van der Waals surface area contributed by atoms with E-state index in [4.69, 9.17) is 0 Å². The number of halogens is 1. The van der Waals surface area contributed by atoms with Gasteiger partial charge in [-0.1, -0.05) is 30.3 Å². The molecule has 1 aromatic heterocycles. The SMILES string of the molecule is Brc1ccccc1SCc1nnnn1-c1ccccc1. The predicted molar refractivity (Wildman–Crippen MR) is 82.9 cm³/mol. The van der Waals surface area contributed by atoms with Crippen LogP contribution in [0.5, 0.6) is 0 Å². The molecule has 20 heavy (non-hydrogen) atoms. The third kappa shape index (κ3) is 2.91. The van der Waals surface area contributed by atoms with Crippen LogP contribution in [0, 0.1) is 0 Å². The van der Waals surface area contributed by atoms with Gasteiger partial charge in [0.15, 0.2) is 5.82 Å². The van der Waals surface area contributed by atoms with Crippen LogP contribution in [0.1, 0.15) is 5.82 Å². The first-order valence-corrected chi connectivity index (χ1v) is 7.82. The summed E-state index contributed by atoms with van der Waals surface area (Å²) in [4.78, 5) is 1.18. The van der Waals surface area contributed by atoms with Crippen LogP contribution in [-0.4, -0.2) is 20.2 Å². The van der Waals surface area contributed by atoms with Gasteiger partial charge >= 0.3 is 0 Å². The highest BCUT2D eigenvalue weighted by molar-refractivity contribution is 9.10. The minimum Gasteiger partial charge on any atom is -0.196 e. The molecule has 0 radical (unpaired) electrons. The molecule has 0 atom stereocenters. The molecule has 0 aliphatic carbocycles. The van der Waals surface area contributed by atoms with Gasteiger partial charge < -0.3 is 0 Å². The van der Waals surface area contributed by atoms with E-state index in [0.29, 0.717) is 5.75 Å². The van der Waals surface area contributed by atoms with Crippen molar-refractivity contribution in [2.45, 2.75) is 10.6 Å². The van der Waals surface area contributed by atoms with E-state index in [1.165, 1.54) is 4.90 Å². The van der Waals surface area contributed by atoms with Crippen molar-refractivity contribution in [1.29, 1.82) is 0 Å². The Hall–Kier alpha value is -1.66. The summed E-state index contributed by atoms with van der Waals surface area (Å²) in [6, 6.07) is 18.0. The number of hydrogen-bond donors (Lipinski definition) is 0. The maximum Gasteiger partial charge on any atom is 0.166 e. The lowest BCUT2D eigenvalue weighted by Gasteiger charge is -2.05. The molecule has 0 aliphatic heterocycles. The van der Waals surface area contributed by atoms with Gasteiger partial charge in [0.25, 0.3) is 0 Å². The van der Waals surface area contributed by atoms with Crippen molar-refractivity contribution in [2.75, 3.05) is 0 Å². The predicted octanol–water partition coefficient (Wildman–Crippen LogP) is 3.72. The zero-order valence-electron chi connectivity index (χ0n) is 10.5. The van der Waals surface area contributed by atoms with Crippen molar-refractivity contribution in [3.05, 3.63) is 64.9 Å². The van der Waals surface area contributed by atoms with Crippen molar-refractivity contribution in [3.63, 3.8) is 0 Å². The lowest BCUT2D eigenvalue weighted by atomic mass is 10.3. The van der Waals surface area contributed by atoms with Gasteiger partial charge in [-0.3, -0.25) is 0 Å². The van der Waals surface area contributed by atoms with E-state index in [1.54, 1.807) is 16.4 Å². The van der Waals surface area contributed by atoms with E-state index in [1.807, 2.05) is 48.5 Å². The molecular formula is C14H11BrN4S. The van der Waals surface area contributed by atoms with Crippen LogP contribution >= 0.6 is 27.7 Å². The van der Waals surface area contributed by atoms with Crippen molar-refractivity contribution in [1.82, 2.24) is 20.2 Å². The summed E-state index contributed by atoms with van der Waals surface area (Å²) in [5.41, 5.74) is 0.972. The summed E-state index contributed by atoms with van der Waals surface area (Å²) in [5, 5.41) is 11.9. The van der Waals surface area contributed by atoms with Crippen molar-refractivity contribution in [3.8, 4) is 5.69 Å². The maximum atomic E-state index is 4.10. The maximum absolute atomic E-state index is 4.10. The lowest BCUT2D eigenvalue weighted by molar-refractivity contribution is 0.777. The number of para-hydroxylation sites is 1. The molecule has 100 valence electrons. The van der Waals surface area contributed by atoms with Gasteiger partial charge in [0.2, 0.25) is 0 Å². The van der Waals surface area contributed by atoms with Gasteiger partial charge in [-0.25, -0.2) is 0 Å². The quantitative estimate of drug-likeness (QED) is 0.675. The third-order valence-electron chi connectivity index (χ3n) is 2.73. The molecule has 0 unspecified atom stereocenters. The fourth-order valence-electron chi connectivity index (χ4n) is 1.77. The van der Waals surface area contributed by atoms with Crippen LogP contribution in [0.15, 0.2) is 64.0 Å². The highest BCUT2D eigenvalue weighted by Crippen LogP contribution is 2.29. The molecule has 4 nitrogen and oxygen atoms in total. The minimum atomic E-state index is 0.713. The largest absolute Gasteiger partial charge is 0.196 e. The Bertz CT molecular complexity index is 699. The number of thioether (sulfide) groups is 1. The summed E-state index contributed by atoms with van der Waals surface area (Å²) in [5.74, 6) is 1.54. The van der Waals surface area contributed by atoms with Crippen LogP contribution in [0.25, 0.3) is 5.69 Å². The Balaban J connectivity index is 1.80. The first kappa shape index (κ1) is 13.3. The van der Waals surface area contributed by atoms with Gasteiger partial charge in [0.05, 0.1) is 11.4 Å². The van der Waals surface area contributed by atoms with Crippen molar-refractivity contribution < 1.29 is 0 Å². The molecule has 0 spiro atoms. The Morgan fingerprint density at radius 3 is 2.55 bits per heavy atom. The molecule has 0 saturated heterocycles. The Kier molecular flexibility index (Phi) is 4.13. The second-order valence-electron chi connectivity index (χ2n) is 4.06. The average Bonchev–Trinajstić information content (AvgIpc) is 2.96.